The van der Waals surface area contributed by atoms with E-state index in [0.717, 1.165) is 17.9 Å². The smallest absolute Gasteiger partial charge is 0.263 e. The van der Waals surface area contributed by atoms with Gasteiger partial charge in [0.15, 0.2) is 0 Å². The number of hydrogen-bond acceptors (Lipinski definition) is 4. The third-order valence-corrected chi connectivity index (χ3v) is 4.39. The lowest BCUT2D eigenvalue weighted by Crippen LogP contribution is -2.11. The summed E-state index contributed by atoms with van der Waals surface area (Å²) in [5, 5.41) is 2.47. The van der Waals surface area contributed by atoms with Crippen molar-refractivity contribution in [2.45, 2.75) is 37.9 Å². The summed E-state index contributed by atoms with van der Waals surface area (Å²) in [4.78, 5) is 15.6. The van der Waals surface area contributed by atoms with Crippen LogP contribution in [-0.4, -0.2) is 16.2 Å². The number of rotatable bonds is 4. The van der Waals surface area contributed by atoms with E-state index in [2.05, 4.69) is 24.5 Å². The minimum Gasteiger partial charge on any atom is -0.271 e. The van der Waals surface area contributed by atoms with Gasteiger partial charge in [0.25, 0.3) is 5.91 Å². The maximum atomic E-state index is 11.5. The number of thiol groups is 1. The maximum Gasteiger partial charge on any atom is 0.263 e. The average Bonchev–Trinajstić information content (AvgIpc) is 2.21. The predicted octanol–water partition coefficient (Wildman–Crippen LogP) is 3.70. The van der Waals surface area contributed by atoms with Crippen LogP contribution in [0.4, 0.5) is 0 Å². The molecule has 0 N–H and O–H groups in total. The summed E-state index contributed by atoms with van der Waals surface area (Å²) in [6, 6.07) is 0. The number of amides is 1. The van der Waals surface area contributed by atoms with Crippen LogP contribution in [-0.2, 0) is 4.79 Å². The molecule has 1 aliphatic rings. The summed E-state index contributed by atoms with van der Waals surface area (Å²) < 4.78 is 0. The molecule has 1 amide bonds. The standard InChI is InChI=1S/C10H15NOS3/c1-2-3-4-5-9-11-10(12)8(13)6-7-14-15-9/h6-8,13H,2-5H2,1H3/b7-6-,11-9-. The molecule has 15 heavy (non-hydrogen) atoms. The molecule has 1 unspecified atom stereocenters. The van der Waals surface area contributed by atoms with E-state index >= 15 is 0 Å². The van der Waals surface area contributed by atoms with Crippen LogP contribution in [0.3, 0.4) is 0 Å². The van der Waals surface area contributed by atoms with Crippen molar-refractivity contribution in [3.63, 3.8) is 0 Å². The Bertz CT molecular complexity index is 276. The van der Waals surface area contributed by atoms with Crippen molar-refractivity contribution in [1.29, 1.82) is 0 Å². The van der Waals surface area contributed by atoms with E-state index in [-0.39, 0.29) is 11.2 Å². The number of nitrogens with zero attached hydrogens (tertiary/aromatic N) is 1. The Hall–Kier alpha value is 0.130. The minimum absolute atomic E-state index is 0.145. The molecule has 0 bridgehead atoms. The van der Waals surface area contributed by atoms with E-state index in [1.807, 2.05) is 5.41 Å². The molecule has 0 radical (unpaired) electrons. The lowest BCUT2D eigenvalue weighted by molar-refractivity contribution is -0.116. The van der Waals surface area contributed by atoms with Crippen molar-refractivity contribution in [2.24, 2.45) is 4.99 Å². The Morgan fingerprint density at radius 3 is 3.07 bits per heavy atom. The first kappa shape index (κ1) is 13.2. The van der Waals surface area contributed by atoms with Crippen LogP contribution in [0.5, 0.6) is 0 Å². The Morgan fingerprint density at radius 1 is 1.53 bits per heavy atom. The summed E-state index contributed by atoms with van der Waals surface area (Å²) in [7, 11) is 3.18. The van der Waals surface area contributed by atoms with E-state index in [9.17, 15) is 4.79 Å². The first-order valence-corrected chi connectivity index (χ1v) is 7.76. The van der Waals surface area contributed by atoms with Crippen molar-refractivity contribution in [2.75, 3.05) is 0 Å². The van der Waals surface area contributed by atoms with Crippen LogP contribution in [0.1, 0.15) is 32.6 Å². The molecule has 1 atom stereocenters. The molecule has 0 saturated carbocycles. The third kappa shape index (κ3) is 5.13. The number of carbonyl (C=O) groups is 1. The zero-order chi connectivity index (χ0) is 11.1. The highest BCUT2D eigenvalue weighted by atomic mass is 33.1. The monoisotopic (exact) mass is 261 g/mol. The fraction of sp³-hybridized carbons (Fsp3) is 0.600. The first-order chi connectivity index (χ1) is 7.24. The summed E-state index contributed by atoms with van der Waals surface area (Å²) in [5.41, 5.74) is 0. The maximum absolute atomic E-state index is 11.5. The molecule has 0 aromatic rings. The number of unbranched alkanes of at least 4 members (excludes halogenated alkanes) is 2. The largest absolute Gasteiger partial charge is 0.271 e. The summed E-state index contributed by atoms with van der Waals surface area (Å²) in [6.07, 6.45) is 6.17. The van der Waals surface area contributed by atoms with Gasteiger partial charge in [0.2, 0.25) is 0 Å². The van der Waals surface area contributed by atoms with E-state index in [1.54, 1.807) is 27.7 Å². The van der Waals surface area contributed by atoms with E-state index in [4.69, 9.17) is 0 Å². The van der Waals surface area contributed by atoms with Crippen molar-refractivity contribution >= 4 is 45.2 Å². The summed E-state index contributed by atoms with van der Waals surface area (Å²) in [5.74, 6) is -0.145. The van der Waals surface area contributed by atoms with Crippen molar-refractivity contribution in [3.8, 4) is 0 Å². The Kier molecular flexibility index (Phi) is 6.52. The molecule has 0 aliphatic carbocycles. The van der Waals surface area contributed by atoms with Crippen molar-refractivity contribution in [1.82, 2.24) is 0 Å². The van der Waals surface area contributed by atoms with Gasteiger partial charge in [-0.2, -0.15) is 12.6 Å². The quantitative estimate of drug-likeness (QED) is 0.475. The summed E-state index contributed by atoms with van der Waals surface area (Å²) >= 11 is 4.16. The molecular formula is C10H15NOS3. The molecule has 1 aliphatic heterocycles. The zero-order valence-corrected chi connectivity index (χ0v) is 11.2. The van der Waals surface area contributed by atoms with Gasteiger partial charge in [-0.1, -0.05) is 36.6 Å². The Morgan fingerprint density at radius 2 is 2.33 bits per heavy atom. The van der Waals surface area contributed by atoms with Crippen LogP contribution in [0, 0.1) is 0 Å². The van der Waals surface area contributed by atoms with Gasteiger partial charge in [-0.15, -0.1) is 0 Å². The van der Waals surface area contributed by atoms with E-state index in [0.29, 0.717) is 0 Å². The molecule has 84 valence electrons. The molecule has 0 fully saturated rings. The fourth-order valence-electron chi connectivity index (χ4n) is 1.10. The number of aliphatic imine (C=N–C) groups is 1. The molecule has 0 aromatic carbocycles. The van der Waals surface area contributed by atoms with Gasteiger partial charge in [0.1, 0.15) is 5.25 Å². The van der Waals surface area contributed by atoms with Crippen LogP contribution >= 0.6 is 34.2 Å². The third-order valence-electron chi connectivity index (χ3n) is 1.94. The van der Waals surface area contributed by atoms with Crippen LogP contribution in [0.2, 0.25) is 0 Å². The van der Waals surface area contributed by atoms with Gasteiger partial charge in [-0.05, 0) is 29.0 Å². The van der Waals surface area contributed by atoms with Gasteiger partial charge in [0.05, 0.1) is 5.04 Å². The molecule has 0 aromatic heterocycles. The highest BCUT2D eigenvalue weighted by Crippen LogP contribution is 2.29. The lowest BCUT2D eigenvalue weighted by Gasteiger charge is -2.08. The minimum atomic E-state index is -0.375. The fourth-order valence-corrected chi connectivity index (χ4v) is 3.16. The van der Waals surface area contributed by atoms with Gasteiger partial charge in [-0.3, -0.25) is 4.79 Å². The topological polar surface area (TPSA) is 29.4 Å². The van der Waals surface area contributed by atoms with Crippen LogP contribution < -0.4 is 0 Å². The van der Waals surface area contributed by atoms with E-state index < -0.39 is 0 Å². The second kappa shape index (κ2) is 7.41. The number of carbonyl (C=O) groups excluding carboxylic acids is 1. The second-order valence-electron chi connectivity index (χ2n) is 3.25. The normalized spacial score (nSPS) is 27.7. The van der Waals surface area contributed by atoms with Crippen LogP contribution in [0.25, 0.3) is 0 Å². The molecular weight excluding hydrogens is 246 g/mol. The SMILES string of the molecule is CCCCC/C1=N/C(=O)C(S)/C=C\SS1. The zero-order valence-electron chi connectivity index (χ0n) is 8.68. The number of hydrogen-bond donors (Lipinski definition) is 1. The highest BCUT2D eigenvalue weighted by Gasteiger charge is 2.13. The van der Waals surface area contributed by atoms with Gasteiger partial charge >= 0.3 is 0 Å². The molecule has 2 nitrogen and oxygen atoms in total. The van der Waals surface area contributed by atoms with Crippen molar-refractivity contribution < 1.29 is 4.79 Å². The Balaban J connectivity index is 2.51. The van der Waals surface area contributed by atoms with Crippen LogP contribution in [0.15, 0.2) is 16.5 Å². The molecule has 0 spiro atoms. The first-order valence-electron chi connectivity index (χ1n) is 5.03. The van der Waals surface area contributed by atoms with Crippen molar-refractivity contribution in [3.05, 3.63) is 11.5 Å². The lowest BCUT2D eigenvalue weighted by atomic mass is 10.2. The van der Waals surface area contributed by atoms with Gasteiger partial charge in [0, 0.05) is 0 Å². The molecule has 5 heteroatoms. The molecule has 1 heterocycles. The predicted molar refractivity (Wildman–Crippen MR) is 73.7 cm³/mol. The van der Waals surface area contributed by atoms with Gasteiger partial charge in [-0.25, -0.2) is 4.99 Å². The summed E-state index contributed by atoms with van der Waals surface area (Å²) in [6.45, 7) is 2.17. The molecule has 0 saturated heterocycles. The van der Waals surface area contributed by atoms with Gasteiger partial charge < -0.3 is 0 Å². The molecule has 1 rings (SSSR count). The van der Waals surface area contributed by atoms with E-state index in [1.165, 1.54) is 12.8 Å². The average molecular weight is 261 g/mol. The second-order valence-corrected chi connectivity index (χ2v) is 5.99. The Labute approximate surface area is 104 Å². The highest BCUT2D eigenvalue weighted by molar-refractivity contribution is 8.83.